The molecular formula is C18H16O. The Balaban J connectivity index is 2.34. The quantitative estimate of drug-likeness (QED) is 0.436. The first-order chi connectivity index (χ1) is 9.40. The first-order valence-electron chi connectivity index (χ1n) is 6.32. The molecule has 0 aliphatic carbocycles. The van der Waals surface area contributed by atoms with Gasteiger partial charge in [-0.25, -0.2) is 0 Å². The van der Waals surface area contributed by atoms with E-state index in [1.807, 2.05) is 48.6 Å². The Morgan fingerprint density at radius 3 is 2.16 bits per heavy atom. The molecule has 0 bridgehead atoms. The second-order valence-corrected chi connectivity index (χ2v) is 4.18. The van der Waals surface area contributed by atoms with Gasteiger partial charge in [0.2, 0.25) is 0 Å². The maximum atomic E-state index is 10.4. The topological polar surface area (TPSA) is 17.1 Å². The van der Waals surface area contributed by atoms with Crippen molar-refractivity contribution in [2.45, 2.75) is 6.42 Å². The molecule has 0 unspecified atom stereocenters. The van der Waals surface area contributed by atoms with Gasteiger partial charge in [-0.05, 0) is 22.8 Å². The van der Waals surface area contributed by atoms with E-state index in [2.05, 4.69) is 30.3 Å². The Bertz CT molecular complexity index is 565. The lowest BCUT2D eigenvalue weighted by molar-refractivity contribution is -0.107. The Labute approximate surface area is 113 Å². The molecule has 0 atom stereocenters. The van der Waals surface area contributed by atoms with Gasteiger partial charge < -0.3 is 4.79 Å². The summed E-state index contributed by atoms with van der Waals surface area (Å²) in [6, 6.07) is 20.3. The van der Waals surface area contributed by atoms with E-state index in [4.69, 9.17) is 0 Å². The van der Waals surface area contributed by atoms with Gasteiger partial charge in [0.1, 0.15) is 6.29 Å². The molecule has 0 heterocycles. The highest BCUT2D eigenvalue weighted by molar-refractivity contribution is 5.87. The summed E-state index contributed by atoms with van der Waals surface area (Å²) in [6.45, 7) is 0. The van der Waals surface area contributed by atoms with Gasteiger partial charge in [-0.3, -0.25) is 0 Å². The number of carbonyl (C=O) groups excluding carboxylic acids is 1. The van der Waals surface area contributed by atoms with E-state index in [1.54, 1.807) is 0 Å². The summed E-state index contributed by atoms with van der Waals surface area (Å²) in [5.74, 6) is 0. The van der Waals surface area contributed by atoms with Crippen molar-refractivity contribution in [3.05, 3.63) is 83.9 Å². The van der Waals surface area contributed by atoms with Crippen LogP contribution in [0.25, 0.3) is 11.6 Å². The molecule has 0 aromatic heterocycles. The lowest BCUT2D eigenvalue weighted by Gasteiger charge is -2.03. The summed E-state index contributed by atoms with van der Waals surface area (Å²) in [7, 11) is 0. The SMILES string of the molecule is O=CC/C=C/C(=C/c1ccccc1)c1ccccc1. The lowest BCUT2D eigenvalue weighted by atomic mass is 10.0. The fourth-order valence-corrected chi connectivity index (χ4v) is 1.84. The first-order valence-corrected chi connectivity index (χ1v) is 6.32. The number of benzene rings is 2. The minimum absolute atomic E-state index is 0.443. The lowest BCUT2D eigenvalue weighted by Crippen LogP contribution is -1.81. The molecule has 0 spiro atoms. The van der Waals surface area contributed by atoms with Crippen molar-refractivity contribution in [1.82, 2.24) is 0 Å². The Morgan fingerprint density at radius 1 is 0.895 bits per heavy atom. The van der Waals surface area contributed by atoms with Crippen LogP contribution < -0.4 is 0 Å². The molecule has 0 saturated carbocycles. The fraction of sp³-hybridized carbons (Fsp3) is 0.0556. The molecule has 0 N–H and O–H groups in total. The van der Waals surface area contributed by atoms with E-state index in [0.29, 0.717) is 6.42 Å². The third kappa shape index (κ3) is 4.07. The smallest absolute Gasteiger partial charge is 0.123 e. The molecule has 1 heteroatoms. The molecule has 0 saturated heterocycles. The van der Waals surface area contributed by atoms with Crippen LogP contribution in [-0.2, 0) is 4.79 Å². The molecule has 1 nitrogen and oxygen atoms in total. The molecule has 0 fully saturated rings. The Morgan fingerprint density at radius 2 is 1.53 bits per heavy atom. The number of hydrogen-bond acceptors (Lipinski definition) is 1. The summed E-state index contributed by atoms with van der Waals surface area (Å²) in [5, 5.41) is 0. The van der Waals surface area contributed by atoms with Gasteiger partial charge in [0, 0.05) is 6.42 Å². The number of rotatable bonds is 5. The van der Waals surface area contributed by atoms with Crippen LogP contribution in [0.4, 0.5) is 0 Å². The molecule has 0 amide bonds. The van der Waals surface area contributed by atoms with E-state index in [9.17, 15) is 4.79 Å². The summed E-state index contributed by atoms with van der Waals surface area (Å²) < 4.78 is 0. The molecule has 2 aromatic rings. The van der Waals surface area contributed by atoms with Crippen molar-refractivity contribution in [3.63, 3.8) is 0 Å². The van der Waals surface area contributed by atoms with Crippen LogP contribution in [0, 0.1) is 0 Å². The maximum Gasteiger partial charge on any atom is 0.123 e. The summed E-state index contributed by atoms with van der Waals surface area (Å²) in [5.41, 5.74) is 3.40. The van der Waals surface area contributed by atoms with Gasteiger partial charge in [-0.2, -0.15) is 0 Å². The minimum atomic E-state index is 0.443. The molecule has 2 rings (SSSR count). The summed E-state index contributed by atoms with van der Waals surface area (Å²) in [4.78, 5) is 10.4. The molecular weight excluding hydrogens is 232 g/mol. The second-order valence-electron chi connectivity index (χ2n) is 4.18. The zero-order valence-electron chi connectivity index (χ0n) is 10.7. The number of hydrogen-bond donors (Lipinski definition) is 0. The van der Waals surface area contributed by atoms with Gasteiger partial charge in [0.25, 0.3) is 0 Å². The fourth-order valence-electron chi connectivity index (χ4n) is 1.84. The Kier molecular flexibility index (Phi) is 4.88. The highest BCUT2D eigenvalue weighted by Crippen LogP contribution is 2.19. The molecule has 94 valence electrons. The third-order valence-corrected chi connectivity index (χ3v) is 2.76. The predicted molar refractivity (Wildman–Crippen MR) is 80.6 cm³/mol. The highest BCUT2D eigenvalue weighted by Gasteiger charge is 1.97. The highest BCUT2D eigenvalue weighted by atomic mass is 16.1. The van der Waals surface area contributed by atoms with Crippen LogP contribution >= 0.6 is 0 Å². The monoisotopic (exact) mass is 248 g/mol. The number of allylic oxidation sites excluding steroid dienone is 3. The average Bonchev–Trinajstić information content (AvgIpc) is 2.48. The second kappa shape index (κ2) is 7.12. The van der Waals surface area contributed by atoms with E-state index < -0.39 is 0 Å². The van der Waals surface area contributed by atoms with Crippen molar-refractivity contribution in [1.29, 1.82) is 0 Å². The van der Waals surface area contributed by atoms with Crippen LogP contribution in [0.2, 0.25) is 0 Å². The van der Waals surface area contributed by atoms with E-state index in [0.717, 1.165) is 23.0 Å². The zero-order valence-corrected chi connectivity index (χ0v) is 10.7. The van der Waals surface area contributed by atoms with Crippen molar-refractivity contribution >= 4 is 17.9 Å². The van der Waals surface area contributed by atoms with Gasteiger partial charge >= 0.3 is 0 Å². The van der Waals surface area contributed by atoms with E-state index in [1.165, 1.54) is 0 Å². The average molecular weight is 248 g/mol. The first kappa shape index (κ1) is 13.0. The summed E-state index contributed by atoms with van der Waals surface area (Å²) in [6.07, 6.45) is 7.35. The normalized spacial score (nSPS) is 11.7. The van der Waals surface area contributed by atoms with Crippen molar-refractivity contribution < 1.29 is 4.79 Å². The number of carbonyl (C=O) groups is 1. The van der Waals surface area contributed by atoms with Gasteiger partial charge in [0.05, 0.1) is 0 Å². The standard InChI is InChI=1S/C18H16O/c19-14-8-7-13-18(17-11-5-2-6-12-17)15-16-9-3-1-4-10-16/h1-7,9-15H,8H2/b13-7+,18-15-. The van der Waals surface area contributed by atoms with Crippen LogP contribution in [0.5, 0.6) is 0 Å². The zero-order chi connectivity index (χ0) is 13.3. The van der Waals surface area contributed by atoms with Crippen molar-refractivity contribution in [2.75, 3.05) is 0 Å². The largest absolute Gasteiger partial charge is 0.303 e. The molecule has 0 radical (unpaired) electrons. The summed E-state index contributed by atoms with van der Waals surface area (Å²) >= 11 is 0. The Hall–Kier alpha value is -2.41. The van der Waals surface area contributed by atoms with Gasteiger partial charge in [-0.15, -0.1) is 0 Å². The van der Waals surface area contributed by atoms with Crippen LogP contribution in [-0.4, -0.2) is 6.29 Å². The van der Waals surface area contributed by atoms with Crippen LogP contribution in [0.1, 0.15) is 17.5 Å². The van der Waals surface area contributed by atoms with E-state index in [-0.39, 0.29) is 0 Å². The van der Waals surface area contributed by atoms with Gasteiger partial charge in [0.15, 0.2) is 0 Å². The molecule has 19 heavy (non-hydrogen) atoms. The van der Waals surface area contributed by atoms with Gasteiger partial charge in [-0.1, -0.05) is 72.8 Å². The number of aldehydes is 1. The van der Waals surface area contributed by atoms with E-state index >= 15 is 0 Å². The minimum Gasteiger partial charge on any atom is -0.303 e. The van der Waals surface area contributed by atoms with Crippen LogP contribution in [0.15, 0.2) is 72.8 Å². The van der Waals surface area contributed by atoms with Crippen molar-refractivity contribution in [3.8, 4) is 0 Å². The maximum absolute atomic E-state index is 10.4. The predicted octanol–water partition coefficient (Wildman–Crippen LogP) is 4.37. The third-order valence-electron chi connectivity index (χ3n) is 2.76. The molecule has 2 aromatic carbocycles. The molecule has 0 aliphatic rings. The van der Waals surface area contributed by atoms with Crippen molar-refractivity contribution in [2.24, 2.45) is 0 Å². The van der Waals surface area contributed by atoms with Crippen LogP contribution in [0.3, 0.4) is 0 Å². The molecule has 0 aliphatic heterocycles.